The number of nitrogens with two attached hydrogens (primary N) is 1. The van der Waals surface area contributed by atoms with Crippen molar-refractivity contribution in [3.63, 3.8) is 0 Å². The highest BCUT2D eigenvalue weighted by Gasteiger charge is 2.18. The monoisotopic (exact) mass is 291 g/mol. The summed E-state index contributed by atoms with van der Waals surface area (Å²) in [4.78, 5) is 12.9. The second-order valence-electron chi connectivity index (χ2n) is 4.25. The molecule has 0 unspecified atom stereocenters. The summed E-state index contributed by atoms with van der Waals surface area (Å²) >= 11 is 1.30. The Morgan fingerprint density at radius 3 is 2.75 bits per heavy atom. The zero-order chi connectivity index (χ0) is 14.1. The van der Waals surface area contributed by atoms with Gasteiger partial charge in [0.2, 0.25) is 0 Å². The Hall–Kier alpha value is -2.21. The molecule has 0 saturated heterocycles. The van der Waals surface area contributed by atoms with Crippen molar-refractivity contribution in [2.75, 3.05) is 26.1 Å². The van der Waals surface area contributed by atoms with Gasteiger partial charge in [-0.3, -0.25) is 0 Å². The molecule has 0 aliphatic carbocycles. The van der Waals surface area contributed by atoms with Gasteiger partial charge in [0, 0.05) is 4.88 Å². The van der Waals surface area contributed by atoms with Crippen molar-refractivity contribution >= 4 is 23.0 Å². The predicted octanol–water partition coefficient (Wildman–Crippen LogP) is 2.56. The fourth-order valence-electron chi connectivity index (χ4n) is 2.00. The van der Waals surface area contributed by atoms with E-state index in [1.807, 2.05) is 18.2 Å². The van der Waals surface area contributed by atoms with E-state index in [1.165, 1.54) is 18.4 Å². The van der Waals surface area contributed by atoms with Crippen LogP contribution in [0.2, 0.25) is 0 Å². The van der Waals surface area contributed by atoms with Gasteiger partial charge in [0.25, 0.3) is 0 Å². The fraction of sp³-hybridized carbons (Fsp3) is 0.214. The normalized spacial score (nSPS) is 13.1. The standard InChI is InChI=1S/C14H13NO4S/c1-17-14(16)13-9(15)7-12(20-13)8-2-3-10-11(6-8)19-5-4-18-10/h2-3,6-7H,4-5,15H2,1H3. The summed E-state index contributed by atoms with van der Waals surface area (Å²) in [6, 6.07) is 7.43. The summed E-state index contributed by atoms with van der Waals surface area (Å²) in [5, 5.41) is 0. The van der Waals surface area contributed by atoms with E-state index in [9.17, 15) is 4.79 Å². The number of thiophene rings is 1. The molecular formula is C14H13NO4S. The first-order valence-electron chi connectivity index (χ1n) is 6.06. The maximum Gasteiger partial charge on any atom is 0.350 e. The number of esters is 1. The van der Waals surface area contributed by atoms with Crippen LogP contribution in [0.1, 0.15) is 9.67 Å². The second-order valence-corrected chi connectivity index (χ2v) is 5.30. The highest BCUT2D eigenvalue weighted by atomic mass is 32.1. The van der Waals surface area contributed by atoms with Crippen LogP contribution in [0.25, 0.3) is 10.4 Å². The maximum absolute atomic E-state index is 11.6. The summed E-state index contributed by atoms with van der Waals surface area (Å²) in [6.07, 6.45) is 0. The molecule has 0 atom stereocenters. The molecule has 0 spiro atoms. The molecule has 0 bridgehead atoms. The maximum atomic E-state index is 11.6. The molecule has 1 aliphatic heterocycles. The quantitative estimate of drug-likeness (QED) is 0.861. The van der Waals surface area contributed by atoms with Crippen LogP contribution in [0.4, 0.5) is 5.69 Å². The van der Waals surface area contributed by atoms with Crippen LogP contribution in [-0.4, -0.2) is 26.3 Å². The number of hydrogen-bond acceptors (Lipinski definition) is 6. The van der Waals surface area contributed by atoms with Gasteiger partial charge in [0.1, 0.15) is 18.1 Å². The van der Waals surface area contributed by atoms with Crippen molar-refractivity contribution in [3.05, 3.63) is 29.1 Å². The van der Waals surface area contributed by atoms with E-state index in [4.69, 9.17) is 19.9 Å². The molecule has 2 aromatic rings. The van der Waals surface area contributed by atoms with Crippen molar-refractivity contribution in [2.45, 2.75) is 0 Å². The van der Waals surface area contributed by atoms with Gasteiger partial charge in [-0.1, -0.05) is 0 Å². The minimum atomic E-state index is -0.420. The first-order valence-corrected chi connectivity index (χ1v) is 6.88. The van der Waals surface area contributed by atoms with E-state index in [0.717, 1.165) is 16.2 Å². The summed E-state index contributed by atoms with van der Waals surface area (Å²) < 4.78 is 15.7. The first kappa shape index (κ1) is 12.8. The summed E-state index contributed by atoms with van der Waals surface area (Å²) in [7, 11) is 1.34. The summed E-state index contributed by atoms with van der Waals surface area (Å²) in [5.41, 5.74) is 7.20. The molecule has 3 rings (SSSR count). The van der Waals surface area contributed by atoms with Gasteiger partial charge in [-0.2, -0.15) is 0 Å². The van der Waals surface area contributed by atoms with Gasteiger partial charge in [0.05, 0.1) is 12.8 Å². The number of carbonyl (C=O) groups excluding carboxylic acids is 1. The van der Waals surface area contributed by atoms with Crippen LogP contribution >= 0.6 is 11.3 Å². The van der Waals surface area contributed by atoms with Gasteiger partial charge in [-0.05, 0) is 29.8 Å². The molecule has 0 amide bonds. The minimum Gasteiger partial charge on any atom is -0.486 e. The number of nitrogen functional groups attached to an aromatic ring is 1. The van der Waals surface area contributed by atoms with Crippen molar-refractivity contribution in [3.8, 4) is 21.9 Å². The molecule has 5 nitrogen and oxygen atoms in total. The smallest absolute Gasteiger partial charge is 0.350 e. The van der Waals surface area contributed by atoms with Gasteiger partial charge in [-0.15, -0.1) is 11.3 Å². The van der Waals surface area contributed by atoms with Gasteiger partial charge < -0.3 is 19.9 Å². The number of methoxy groups -OCH3 is 1. The van der Waals surface area contributed by atoms with Crippen LogP contribution < -0.4 is 15.2 Å². The van der Waals surface area contributed by atoms with Crippen LogP contribution in [0, 0.1) is 0 Å². The highest BCUT2D eigenvalue weighted by molar-refractivity contribution is 7.18. The Morgan fingerprint density at radius 1 is 1.25 bits per heavy atom. The van der Waals surface area contributed by atoms with Crippen molar-refractivity contribution in [2.24, 2.45) is 0 Å². The topological polar surface area (TPSA) is 70.8 Å². The Balaban J connectivity index is 1.99. The number of hydrogen-bond donors (Lipinski definition) is 1. The van der Waals surface area contributed by atoms with Crippen LogP contribution in [-0.2, 0) is 4.74 Å². The molecule has 0 radical (unpaired) electrons. The Kier molecular flexibility index (Phi) is 3.23. The third kappa shape index (κ3) is 2.18. The van der Waals surface area contributed by atoms with Crippen molar-refractivity contribution < 1.29 is 19.0 Å². The minimum absolute atomic E-state index is 0.414. The summed E-state index contributed by atoms with van der Waals surface area (Å²) in [5.74, 6) is 1.02. The average Bonchev–Trinajstić information content (AvgIpc) is 2.88. The van der Waals surface area contributed by atoms with Gasteiger partial charge in [-0.25, -0.2) is 4.79 Å². The van der Waals surface area contributed by atoms with E-state index >= 15 is 0 Å². The lowest BCUT2D eigenvalue weighted by Crippen LogP contribution is -2.15. The fourth-order valence-corrected chi connectivity index (χ4v) is 2.99. The second kappa shape index (κ2) is 5.05. The lowest BCUT2D eigenvalue weighted by Gasteiger charge is -2.18. The summed E-state index contributed by atoms with van der Waals surface area (Å²) in [6.45, 7) is 1.10. The van der Waals surface area contributed by atoms with Crippen LogP contribution in [0.15, 0.2) is 24.3 Å². The first-order chi connectivity index (χ1) is 9.69. The molecule has 0 saturated carbocycles. The largest absolute Gasteiger partial charge is 0.486 e. The molecule has 2 heterocycles. The van der Waals surface area contributed by atoms with Gasteiger partial charge in [0.15, 0.2) is 11.5 Å². The predicted molar refractivity (Wildman–Crippen MR) is 76.5 cm³/mol. The molecule has 6 heteroatoms. The highest BCUT2D eigenvalue weighted by Crippen LogP contribution is 2.38. The SMILES string of the molecule is COC(=O)c1sc(-c2ccc3c(c2)OCCO3)cc1N. The van der Waals surface area contributed by atoms with E-state index in [2.05, 4.69) is 0 Å². The number of ether oxygens (including phenoxy) is 3. The van der Waals surface area contributed by atoms with E-state index in [-0.39, 0.29) is 0 Å². The third-order valence-corrected chi connectivity index (χ3v) is 4.14. The van der Waals surface area contributed by atoms with Crippen LogP contribution in [0.3, 0.4) is 0 Å². The lowest BCUT2D eigenvalue weighted by atomic mass is 10.1. The van der Waals surface area contributed by atoms with E-state index in [0.29, 0.717) is 29.5 Å². The molecule has 20 heavy (non-hydrogen) atoms. The third-order valence-electron chi connectivity index (χ3n) is 2.96. The van der Waals surface area contributed by atoms with Crippen molar-refractivity contribution in [1.29, 1.82) is 0 Å². The average molecular weight is 291 g/mol. The molecule has 1 aromatic carbocycles. The van der Waals surface area contributed by atoms with Crippen LogP contribution in [0.5, 0.6) is 11.5 Å². The van der Waals surface area contributed by atoms with E-state index in [1.54, 1.807) is 6.07 Å². The number of carbonyl (C=O) groups is 1. The number of benzene rings is 1. The zero-order valence-electron chi connectivity index (χ0n) is 10.8. The molecule has 2 N–H and O–H groups in total. The number of anilines is 1. The Labute approximate surface area is 119 Å². The molecular weight excluding hydrogens is 278 g/mol. The molecule has 1 aromatic heterocycles. The number of rotatable bonds is 2. The molecule has 1 aliphatic rings. The lowest BCUT2D eigenvalue weighted by molar-refractivity contribution is 0.0607. The Bertz CT molecular complexity index is 665. The zero-order valence-corrected chi connectivity index (χ0v) is 11.7. The molecule has 104 valence electrons. The molecule has 0 fully saturated rings. The number of fused-ring (bicyclic) bond motifs is 1. The Morgan fingerprint density at radius 2 is 2.00 bits per heavy atom. The van der Waals surface area contributed by atoms with Gasteiger partial charge >= 0.3 is 5.97 Å². The van der Waals surface area contributed by atoms with Crippen molar-refractivity contribution in [1.82, 2.24) is 0 Å². The van der Waals surface area contributed by atoms with E-state index < -0.39 is 5.97 Å².